The molecule has 1 heterocycles. The van der Waals surface area contributed by atoms with Crippen molar-refractivity contribution in [2.45, 2.75) is 27.3 Å². The molecule has 4 rings (SSSR count). The number of amides is 2. The summed E-state index contributed by atoms with van der Waals surface area (Å²) in [4.78, 5) is 14.4. The van der Waals surface area contributed by atoms with Crippen LogP contribution in [0.25, 0.3) is 22.5 Å². The van der Waals surface area contributed by atoms with Crippen LogP contribution < -0.4 is 5.32 Å². The van der Waals surface area contributed by atoms with Gasteiger partial charge in [0.2, 0.25) is 0 Å². The van der Waals surface area contributed by atoms with Crippen LogP contribution in [-0.2, 0) is 6.54 Å². The Labute approximate surface area is 187 Å². The average molecular weight is 427 g/mol. The van der Waals surface area contributed by atoms with Crippen LogP contribution in [0.4, 0.5) is 10.5 Å². The minimum atomic E-state index is -0.132. The molecule has 0 aliphatic heterocycles. The van der Waals surface area contributed by atoms with E-state index in [9.17, 15) is 4.79 Å². The second-order valence-electron chi connectivity index (χ2n) is 8.05. The number of nitrogens with one attached hydrogen (secondary N) is 2. The summed E-state index contributed by atoms with van der Waals surface area (Å²) >= 11 is 0. The summed E-state index contributed by atoms with van der Waals surface area (Å²) in [6.45, 7) is 6.59. The maximum absolute atomic E-state index is 12.8. The Balaban J connectivity index is 1.47. The fraction of sp³-hybridized carbons (Fsp3) is 0.200. The van der Waals surface area contributed by atoms with Gasteiger partial charge >= 0.3 is 6.03 Å². The Morgan fingerprint density at radius 1 is 0.969 bits per heavy atom. The van der Waals surface area contributed by atoms with E-state index in [1.165, 1.54) is 5.56 Å². The highest BCUT2D eigenvalue weighted by molar-refractivity contribution is 5.91. The summed E-state index contributed by atoms with van der Waals surface area (Å²) in [6.07, 6.45) is 0. The summed E-state index contributed by atoms with van der Waals surface area (Å²) in [5.74, 6) is 0.628. The molecule has 0 atom stereocenters. The van der Waals surface area contributed by atoms with Crippen molar-refractivity contribution in [3.8, 4) is 22.5 Å². The molecule has 4 aromatic rings. The molecule has 162 valence electrons. The molecule has 1 aromatic heterocycles. The second kappa shape index (κ2) is 9.01. The van der Waals surface area contributed by atoms with Crippen molar-refractivity contribution in [2.75, 3.05) is 12.4 Å². The monoisotopic (exact) mass is 426 g/mol. The molecule has 0 aliphatic carbocycles. The highest BCUT2D eigenvalue weighted by Crippen LogP contribution is 2.30. The van der Waals surface area contributed by atoms with Crippen LogP contribution in [0.5, 0.6) is 0 Å². The smallest absolute Gasteiger partial charge is 0.321 e. The zero-order chi connectivity index (χ0) is 22.7. The standard InChI is InChI=1S/C25H26N6O/c1-16-13-17(2)23(18(3)14-16)26-25(32)31(4)15-19-9-11-20(12-10-19)21-7-5-6-8-22(21)24-27-29-30-28-24/h5-14H,15H2,1-4H3,(H,26,32)(H,27,28,29,30). The lowest BCUT2D eigenvalue weighted by molar-refractivity contribution is 0.220. The lowest BCUT2D eigenvalue weighted by atomic mass is 9.98. The number of aromatic amines is 1. The first kappa shape index (κ1) is 21.2. The summed E-state index contributed by atoms with van der Waals surface area (Å²) in [7, 11) is 1.80. The van der Waals surface area contributed by atoms with Crippen LogP contribution in [0.1, 0.15) is 22.3 Å². The van der Waals surface area contributed by atoms with E-state index in [1.54, 1.807) is 11.9 Å². The Kier molecular flexibility index (Phi) is 5.98. The number of hydrogen-bond acceptors (Lipinski definition) is 4. The highest BCUT2D eigenvalue weighted by atomic mass is 16.2. The molecule has 0 radical (unpaired) electrons. The summed E-state index contributed by atoms with van der Waals surface area (Å²) < 4.78 is 0. The molecule has 32 heavy (non-hydrogen) atoms. The Bertz CT molecular complexity index is 1210. The third-order valence-electron chi connectivity index (χ3n) is 5.47. The van der Waals surface area contributed by atoms with E-state index in [4.69, 9.17) is 0 Å². The molecular formula is C25H26N6O. The summed E-state index contributed by atoms with van der Waals surface area (Å²) in [6, 6.07) is 20.2. The van der Waals surface area contributed by atoms with Crippen LogP contribution in [0.15, 0.2) is 60.7 Å². The van der Waals surface area contributed by atoms with Crippen LogP contribution in [-0.4, -0.2) is 38.6 Å². The maximum Gasteiger partial charge on any atom is 0.321 e. The minimum Gasteiger partial charge on any atom is -0.323 e. The Hall–Kier alpha value is -4.00. The van der Waals surface area contributed by atoms with Gasteiger partial charge in [-0.1, -0.05) is 66.2 Å². The third kappa shape index (κ3) is 4.51. The lowest BCUT2D eigenvalue weighted by Crippen LogP contribution is -2.31. The first-order valence-electron chi connectivity index (χ1n) is 10.4. The molecule has 2 N–H and O–H groups in total. The van der Waals surface area contributed by atoms with E-state index in [2.05, 4.69) is 57.1 Å². The average Bonchev–Trinajstić information content (AvgIpc) is 3.31. The van der Waals surface area contributed by atoms with Gasteiger partial charge in [0.05, 0.1) is 0 Å². The van der Waals surface area contributed by atoms with E-state index in [0.29, 0.717) is 12.4 Å². The van der Waals surface area contributed by atoms with Crippen molar-refractivity contribution in [2.24, 2.45) is 0 Å². The number of rotatable bonds is 5. The number of carbonyl (C=O) groups excluding carboxylic acids is 1. The minimum absolute atomic E-state index is 0.132. The fourth-order valence-corrected chi connectivity index (χ4v) is 3.93. The topological polar surface area (TPSA) is 86.8 Å². The quantitative estimate of drug-likeness (QED) is 0.464. The molecule has 7 heteroatoms. The Morgan fingerprint density at radius 2 is 1.62 bits per heavy atom. The van der Waals surface area contributed by atoms with E-state index >= 15 is 0 Å². The highest BCUT2D eigenvalue weighted by Gasteiger charge is 2.14. The molecule has 3 aromatic carbocycles. The van der Waals surface area contributed by atoms with E-state index in [0.717, 1.165) is 39.1 Å². The molecule has 0 bridgehead atoms. The van der Waals surface area contributed by atoms with Crippen molar-refractivity contribution in [3.05, 3.63) is 82.9 Å². The number of aromatic nitrogens is 4. The van der Waals surface area contributed by atoms with Crippen molar-refractivity contribution in [1.29, 1.82) is 0 Å². The van der Waals surface area contributed by atoms with E-state index in [-0.39, 0.29) is 6.03 Å². The van der Waals surface area contributed by atoms with Crippen LogP contribution in [0.2, 0.25) is 0 Å². The van der Waals surface area contributed by atoms with E-state index in [1.807, 2.05) is 50.2 Å². The van der Waals surface area contributed by atoms with Gasteiger partial charge in [0.25, 0.3) is 0 Å². The molecular weight excluding hydrogens is 400 g/mol. The van der Waals surface area contributed by atoms with Crippen molar-refractivity contribution >= 4 is 11.7 Å². The predicted molar refractivity (Wildman–Crippen MR) is 126 cm³/mol. The lowest BCUT2D eigenvalue weighted by Gasteiger charge is -2.20. The number of anilines is 1. The number of urea groups is 1. The molecule has 0 saturated heterocycles. The molecule has 0 fully saturated rings. The largest absolute Gasteiger partial charge is 0.323 e. The SMILES string of the molecule is Cc1cc(C)c(NC(=O)N(C)Cc2ccc(-c3ccccc3-c3nnn[nH]3)cc2)c(C)c1. The van der Waals surface area contributed by atoms with Crippen LogP contribution in [0.3, 0.4) is 0 Å². The van der Waals surface area contributed by atoms with Gasteiger partial charge in [-0.05, 0) is 59.0 Å². The van der Waals surface area contributed by atoms with Gasteiger partial charge in [0.15, 0.2) is 5.82 Å². The van der Waals surface area contributed by atoms with Gasteiger partial charge in [0.1, 0.15) is 0 Å². The molecule has 0 unspecified atom stereocenters. The molecule has 7 nitrogen and oxygen atoms in total. The van der Waals surface area contributed by atoms with Crippen molar-refractivity contribution < 1.29 is 4.79 Å². The fourth-order valence-electron chi connectivity index (χ4n) is 3.93. The first-order chi connectivity index (χ1) is 15.4. The normalized spacial score (nSPS) is 10.8. The molecule has 0 saturated carbocycles. The van der Waals surface area contributed by atoms with Crippen LogP contribution >= 0.6 is 0 Å². The van der Waals surface area contributed by atoms with E-state index < -0.39 is 0 Å². The van der Waals surface area contributed by atoms with Gasteiger partial charge in [-0.15, -0.1) is 5.10 Å². The third-order valence-corrected chi connectivity index (χ3v) is 5.47. The number of benzene rings is 3. The maximum atomic E-state index is 12.8. The summed E-state index contributed by atoms with van der Waals surface area (Å²) in [5, 5.41) is 17.3. The number of nitrogens with zero attached hydrogens (tertiary/aromatic N) is 4. The number of hydrogen-bond donors (Lipinski definition) is 2. The zero-order valence-corrected chi connectivity index (χ0v) is 18.7. The van der Waals surface area contributed by atoms with Crippen molar-refractivity contribution in [3.63, 3.8) is 0 Å². The number of aryl methyl sites for hydroxylation is 3. The van der Waals surface area contributed by atoms with Gasteiger partial charge in [-0.3, -0.25) is 0 Å². The molecule has 2 amide bonds. The number of tetrazole rings is 1. The van der Waals surface area contributed by atoms with Crippen molar-refractivity contribution in [1.82, 2.24) is 25.5 Å². The van der Waals surface area contributed by atoms with Gasteiger partial charge < -0.3 is 10.2 Å². The number of carbonyl (C=O) groups is 1. The summed E-state index contributed by atoms with van der Waals surface area (Å²) in [5.41, 5.74) is 8.26. The Morgan fingerprint density at radius 3 is 2.25 bits per heavy atom. The molecule has 0 aliphatic rings. The van der Waals surface area contributed by atoms with Gasteiger partial charge in [0, 0.05) is 24.8 Å². The molecule has 0 spiro atoms. The predicted octanol–water partition coefficient (Wildman–Crippen LogP) is 5.12. The second-order valence-corrected chi connectivity index (χ2v) is 8.05. The van der Waals surface area contributed by atoms with Gasteiger partial charge in [-0.2, -0.15) is 0 Å². The zero-order valence-electron chi connectivity index (χ0n) is 18.7. The van der Waals surface area contributed by atoms with Gasteiger partial charge in [-0.25, -0.2) is 9.89 Å². The van der Waals surface area contributed by atoms with Crippen LogP contribution in [0, 0.1) is 20.8 Å². The number of H-pyrrole nitrogens is 1. The first-order valence-corrected chi connectivity index (χ1v) is 10.4.